The highest BCUT2D eigenvalue weighted by Gasteiger charge is 2.37. The lowest BCUT2D eigenvalue weighted by Crippen LogP contribution is -2.38. The monoisotopic (exact) mass is 349 g/mol. The maximum absolute atomic E-state index is 14.4. The molecule has 0 radical (unpaired) electrons. The minimum Gasteiger partial charge on any atom is -0.423 e. The van der Waals surface area contributed by atoms with Gasteiger partial charge in [0.2, 0.25) is 17.7 Å². The van der Waals surface area contributed by atoms with Gasteiger partial charge in [-0.2, -0.15) is 0 Å². The average Bonchev–Trinajstić information content (AvgIpc) is 3.10. The van der Waals surface area contributed by atoms with Gasteiger partial charge in [-0.25, -0.2) is 14.1 Å². The standard InChI is InChI=1S/C16H16FN3O5/c1-9(21)18(2)15-8-19(16(24)25-15)10-3-4-12(11(17)7-10)20-13(22)5-6-14(20)23/h3-4,7,15H,5-6,8H2,1-2H3/t15-/m0/s1. The quantitative estimate of drug-likeness (QED) is 0.766. The summed E-state index contributed by atoms with van der Waals surface area (Å²) in [7, 11) is 1.50. The number of nitrogens with zero attached hydrogens (tertiary/aromatic N) is 3. The van der Waals surface area contributed by atoms with Gasteiger partial charge >= 0.3 is 6.09 Å². The molecule has 3 rings (SSSR count). The molecule has 2 heterocycles. The van der Waals surface area contributed by atoms with Gasteiger partial charge in [0.25, 0.3) is 0 Å². The molecule has 2 saturated heterocycles. The van der Waals surface area contributed by atoms with Gasteiger partial charge in [0.05, 0.1) is 17.9 Å². The summed E-state index contributed by atoms with van der Waals surface area (Å²) < 4.78 is 19.5. The molecule has 8 nitrogen and oxygen atoms in total. The molecule has 132 valence electrons. The van der Waals surface area contributed by atoms with Crippen LogP contribution in [0.25, 0.3) is 0 Å². The molecule has 0 aromatic heterocycles. The molecule has 1 aromatic rings. The van der Waals surface area contributed by atoms with Gasteiger partial charge < -0.3 is 9.64 Å². The number of halogens is 1. The number of carbonyl (C=O) groups is 4. The Kier molecular flexibility index (Phi) is 4.15. The molecule has 0 saturated carbocycles. The lowest BCUT2D eigenvalue weighted by atomic mass is 10.2. The van der Waals surface area contributed by atoms with Crippen LogP contribution in [-0.4, -0.2) is 48.5 Å². The molecule has 2 aliphatic rings. The maximum atomic E-state index is 14.4. The zero-order chi connectivity index (χ0) is 18.3. The van der Waals surface area contributed by atoms with E-state index in [1.54, 1.807) is 0 Å². The summed E-state index contributed by atoms with van der Waals surface area (Å²) in [5.74, 6) is -1.98. The molecular formula is C16H16FN3O5. The largest absolute Gasteiger partial charge is 0.423 e. The maximum Gasteiger partial charge on any atom is 0.416 e. The topological polar surface area (TPSA) is 87.2 Å². The normalized spacial score (nSPS) is 20.3. The second-order valence-corrected chi connectivity index (χ2v) is 5.84. The Labute approximate surface area is 142 Å². The molecule has 1 atom stereocenters. The summed E-state index contributed by atoms with van der Waals surface area (Å²) >= 11 is 0. The molecule has 1 aromatic carbocycles. The highest BCUT2D eigenvalue weighted by molar-refractivity contribution is 6.19. The molecule has 0 aliphatic carbocycles. The number of imide groups is 1. The van der Waals surface area contributed by atoms with Crippen LogP contribution in [0.1, 0.15) is 19.8 Å². The molecular weight excluding hydrogens is 333 g/mol. The van der Waals surface area contributed by atoms with Crippen LogP contribution in [0.5, 0.6) is 0 Å². The number of amides is 4. The molecule has 4 amide bonds. The first kappa shape index (κ1) is 16.9. The smallest absolute Gasteiger partial charge is 0.416 e. The van der Waals surface area contributed by atoms with Crippen molar-refractivity contribution in [3.05, 3.63) is 24.0 Å². The van der Waals surface area contributed by atoms with Crippen LogP contribution < -0.4 is 9.80 Å². The van der Waals surface area contributed by atoms with Gasteiger partial charge in [0.1, 0.15) is 5.82 Å². The number of carbonyl (C=O) groups excluding carboxylic acids is 4. The van der Waals surface area contributed by atoms with Crippen LogP contribution in [-0.2, 0) is 19.1 Å². The highest BCUT2D eigenvalue weighted by Crippen LogP contribution is 2.30. The fourth-order valence-electron chi connectivity index (χ4n) is 2.75. The van der Waals surface area contributed by atoms with E-state index >= 15 is 0 Å². The number of rotatable bonds is 3. The van der Waals surface area contributed by atoms with Crippen molar-refractivity contribution in [2.24, 2.45) is 0 Å². The highest BCUT2D eigenvalue weighted by atomic mass is 19.1. The minimum atomic E-state index is -0.794. The Morgan fingerprint density at radius 3 is 2.44 bits per heavy atom. The predicted molar refractivity (Wildman–Crippen MR) is 84.2 cm³/mol. The number of anilines is 2. The molecule has 25 heavy (non-hydrogen) atoms. The number of cyclic esters (lactones) is 1. The SMILES string of the molecule is CC(=O)N(C)[C@@H]1CN(c2ccc(N3C(=O)CCC3=O)c(F)c2)C(=O)O1. The molecule has 0 unspecified atom stereocenters. The van der Waals surface area contributed by atoms with Crippen molar-refractivity contribution in [1.29, 1.82) is 0 Å². The molecule has 2 aliphatic heterocycles. The van der Waals surface area contributed by atoms with E-state index in [0.29, 0.717) is 0 Å². The summed E-state index contributed by atoms with van der Waals surface area (Å²) in [5, 5.41) is 0. The average molecular weight is 349 g/mol. The Bertz CT molecular complexity index is 765. The predicted octanol–water partition coefficient (Wildman–Crippen LogP) is 1.24. The minimum absolute atomic E-state index is 0.0509. The first-order chi connectivity index (χ1) is 11.8. The van der Waals surface area contributed by atoms with Gasteiger partial charge in [0.15, 0.2) is 6.23 Å². The van der Waals surface area contributed by atoms with E-state index in [1.165, 1.54) is 35.9 Å². The Morgan fingerprint density at radius 1 is 1.24 bits per heavy atom. The number of likely N-dealkylation sites (N-methyl/N-ethyl adjacent to an activating group) is 1. The number of ether oxygens (including phenoxy) is 1. The Morgan fingerprint density at radius 2 is 1.88 bits per heavy atom. The molecule has 0 N–H and O–H groups in total. The van der Waals surface area contributed by atoms with E-state index in [0.717, 1.165) is 11.0 Å². The van der Waals surface area contributed by atoms with Crippen LogP contribution in [0.15, 0.2) is 18.2 Å². The van der Waals surface area contributed by atoms with Crippen molar-refractivity contribution in [2.75, 3.05) is 23.4 Å². The van der Waals surface area contributed by atoms with Gasteiger partial charge in [-0.15, -0.1) is 0 Å². The van der Waals surface area contributed by atoms with Crippen LogP contribution in [0.2, 0.25) is 0 Å². The van der Waals surface area contributed by atoms with E-state index in [1.807, 2.05) is 0 Å². The van der Waals surface area contributed by atoms with Gasteiger partial charge in [-0.3, -0.25) is 19.3 Å². The zero-order valence-corrected chi connectivity index (χ0v) is 13.7. The van der Waals surface area contributed by atoms with Crippen molar-refractivity contribution in [1.82, 2.24) is 4.90 Å². The molecule has 0 bridgehead atoms. The fraction of sp³-hybridized carbons (Fsp3) is 0.375. The number of hydrogen-bond donors (Lipinski definition) is 0. The van der Waals surface area contributed by atoms with Crippen molar-refractivity contribution in [3.8, 4) is 0 Å². The summed E-state index contributed by atoms with van der Waals surface area (Å²) in [4.78, 5) is 50.1. The van der Waals surface area contributed by atoms with Crippen molar-refractivity contribution >= 4 is 35.2 Å². The second kappa shape index (κ2) is 6.15. The van der Waals surface area contributed by atoms with E-state index < -0.39 is 30.0 Å². The zero-order valence-electron chi connectivity index (χ0n) is 13.7. The summed E-state index contributed by atoms with van der Waals surface area (Å²) in [6.07, 6.45) is -1.37. The van der Waals surface area contributed by atoms with Crippen LogP contribution in [0.4, 0.5) is 20.6 Å². The Hall–Kier alpha value is -2.97. The molecule has 2 fully saturated rings. The molecule has 9 heteroatoms. The van der Waals surface area contributed by atoms with Crippen LogP contribution in [0.3, 0.4) is 0 Å². The van der Waals surface area contributed by atoms with E-state index in [9.17, 15) is 23.6 Å². The first-order valence-electron chi connectivity index (χ1n) is 7.66. The van der Waals surface area contributed by atoms with Gasteiger partial charge in [0, 0.05) is 26.8 Å². The van der Waals surface area contributed by atoms with Crippen LogP contribution >= 0.6 is 0 Å². The van der Waals surface area contributed by atoms with Crippen molar-refractivity contribution in [2.45, 2.75) is 26.0 Å². The number of benzene rings is 1. The van der Waals surface area contributed by atoms with Gasteiger partial charge in [-0.1, -0.05) is 0 Å². The van der Waals surface area contributed by atoms with E-state index in [-0.39, 0.29) is 36.7 Å². The lowest BCUT2D eigenvalue weighted by Gasteiger charge is -2.21. The number of hydrogen-bond acceptors (Lipinski definition) is 5. The van der Waals surface area contributed by atoms with Gasteiger partial charge in [-0.05, 0) is 18.2 Å². The van der Waals surface area contributed by atoms with E-state index in [2.05, 4.69) is 0 Å². The summed E-state index contributed by atoms with van der Waals surface area (Å²) in [6, 6.07) is 3.77. The third-order valence-electron chi connectivity index (χ3n) is 4.26. The fourth-order valence-corrected chi connectivity index (χ4v) is 2.75. The second-order valence-electron chi connectivity index (χ2n) is 5.84. The third kappa shape index (κ3) is 2.92. The molecule has 0 spiro atoms. The third-order valence-corrected chi connectivity index (χ3v) is 4.26. The first-order valence-corrected chi connectivity index (χ1v) is 7.66. The van der Waals surface area contributed by atoms with Crippen molar-refractivity contribution < 1.29 is 28.3 Å². The lowest BCUT2D eigenvalue weighted by molar-refractivity contribution is -0.134. The summed E-state index contributed by atoms with van der Waals surface area (Å²) in [5.41, 5.74) is 0.0750. The Balaban J connectivity index is 1.84. The summed E-state index contributed by atoms with van der Waals surface area (Å²) in [6.45, 7) is 1.39. The van der Waals surface area contributed by atoms with Crippen LogP contribution in [0, 0.1) is 5.82 Å². The van der Waals surface area contributed by atoms with Crippen molar-refractivity contribution in [3.63, 3.8) is 0 Å². The van der Waals surface area contributed by atoms with E-state index in [4.69, 9.17) is 4.74 Å².